The second kappa shape index (κ2) is 10.4. The summed E-state index contributed by atoms with van der Waals surface area (Å²) in [4.78, 5) is 48.0. The van der Waals surface area contributed by atoms with Gasteiger partial charge < -0.3 is 39.4 Å². The number of oxazole rings is 2. The SMILES string of the molecule is CC(C)[C@@H]1NC(=O)[C@@H](NC(=O)C2CCCO2)Cc2ccc3c(c2)C2(c4ccccc4NC2O3)c2oc1nc2-c1nc(C(=O)O)co1. The van der Waals surface area contributed by atoms with Crippen LogP contribution in [0, 0.1) is 5.92 Å². The Morgan fingerprint density at radius 3 is 2.72 bits per heavy atom. The molecule has 46 heavy (non-hydrogen) atoms. The molecule has 4 bridgehead atoms. The fourth-order valence-corrected chi connectivity index (χ4v) is 6.98. The van der Waals surface area contributed by atoms with Crippen LogP contribution < -0.4 is 20.7 Å². The third-order valence-corrected chi connectivity index (χ3v) is 9.20. The quantitative estimate of drug-likeness (QED) is 0.255. The largest absolute Gasteiger partial charge is 0.476 e. The third kappa shape index (κ3) is 4.21. The van der Waals surface area contributed by atoms with E-state index in [-0.39, 0.29) is 41.4 Å². The number of hydrogen-bond acceptors (Lipinski definition) is 10. The normalized spacial score (nSPS) is 25.8. The Labute approximate surface area is 262 Å². The van der Waals surface area contributed by atoms with Crippen LogP contribution in [0.4, 0.5) is 5.69 Å². The van der Waals surface area contributed by atoms with Crippen molar-refractivity contribution in [1.29, 1.82) is 0 Å². The minimum atomic E-state index is -1.25. The number of rotatable bonds is 5. The van der Waals surface area contributed by atoms with Crippen LogP contribution in [-0.4, -0.2) is 57.8 Å². The first-order chi connectivity index (χ1) is 22.2. The Morgan fingerprint density at radius 2 is 1.96 bits per heavy atom. The highest BCUT2D eigenvalue weighted by Crippen LogP contribution is 2.59. The molecule has 0 aliphatic carbocycles. The molecule has 4 N–H and O–H groups in total. The smallest absolute Gasteiger partial charge is 0.357 e. The van der Waals surface area contributed by atoms with Crippen molar-refractivity contribution in [1.82, 2.24) is 20.6 Å². The zero-order chi connectivity index (χ0) is 31.7. The summed E-state index contributed by atoms with van der Waals surface area (Å²) in [7, 11) is 0. The number of nitrogens with one attached hydrogen (secondary N) is 3. The van der Waals surface area contributed by atoms with Gasteiger partial charge >= 0.3 is 5.97 Å². The first-order valence-electron chi connectivity index (χ1n) is 15.3. The van der Waals surface area contributed by atoms with Gasteiger partial charge in [-0.05, 0) is 42.0 Å². The highest BCUT2D eigenvalue weighted by atomic mass is 16.5. The number of carbonyl (C=O) groups is 3. The Morgan fingerprint density at radius 1 is 1.11 bits per heavy atom. The van der Waals surface area contributed by atoms with Crippen LogP contribution in [0.25, 0.3) is 11.6 Å². The highest BCUT2D eigenvalue weighted by Gasteiger charge is 2.61. The number of carbonyl (C=O) groups excluding carboxylic acids is 2. The molecule has 8 rings (SSSR count). The first-order valence-corrected chi connectivity index (χ1v) is 15.3. The van der Waals surface area contributed by atoms with Gasteiger partial charge in [0.2, 0.25) is 23.6 Å². The summed E-state index contributed by atoms with van der Waals surface area (Å²) in [5.41, 5.74) is 2.03. The van der Waals surface area contributed by atoms with E-state index in [9.17, 15) is 19.5 Å². The van der Waals surface area contributed by atoms with Gasteiger partial charge in [-0.3, -0.25) is 9.59 Å². The van der Waals surface area contributed by atoms with Crippen molar-refractivity contribution >= 4 is 23.5 Å². The molecular formula is C33H31N5O8. The van der Waals surface area contributed by atoms with Crippen LogP contribution in [0.5, 0.6) is 5.75 Å². The van der Waals surface area contributed by atoms with E-state index in [1.807, 2.05) is 56.3 Å². The molecule has 6 heterocycles. The number of para-hydroxylation sites is 1. The predicted octanol–water partition coefficient (Wildman–Crippen LogP) is 3.54. The summed E-state index contributed by atoms with van der Waals surface area (Å²) >= 11 is 0. The summed E-state index contributed by atoms with van der Waals surface area (Å²) in [6.45, 7) is 4.34. The van der Waals surface area contributed by atoms with Gasteiger partial charge in [0.25, 0.3) is 0 Å². The summed E-state index contributed by atoms with van der Waals surface area (Å²) in [5.74, 6) is -1.13. The monoisotopic (exact) mass is 625 g/mol. The maximum Gasteiger partial charge on any atom is 0.357 e. The molecule has 5 atom stereocenters. The van der Waals surface area contributed by atoms with Crippen molar-refractivity contribution in [2.24, 2.45) is 5.92 Å². The number of benzene rings is 2. The minimum Gasteiger partial charge on any atom is -0.476 e. The fourth-order valence-electron chi connectivity index (χ4n) is 6.98. The lowest BCUT2D eigenvalue weighted by molar-refractivity contribution is -0.135. The third-order valence-electron chi connectivity index (χ3n) is 9.20. The average molecular weight is 626 g/mol. The molecular weight excluding hydrogens is 594 g/mol. The van der Waals surface area contributed by atoms with Crippen LogP contribution >= 0.6 is 0 Å². The molecule has 3 unspecified atom stereocenters. The van der Waals surface area contributed by atoms with E-state index in [4.69, 9.17) is 23.3 Å². The molecule has 13 nitrogen and oxygen atoms in total. The molecule has 2 aromatic carbocycles. The lowest BCUT2D eigenvalue weighted by atomic mass is 9.72. The van der Waals surface area contributed by atoms with Crippen LogP contribution in [0.2, 0.25) is 0 Å². The molecule has 1 saturated heterocycles. The molecule has 236 valence electrons. The summed E-state index contributed by atoms with van der Waals surface area (Å²) < 4.78 is 24.6. The Bertz CT molecular complexity index is 1890. The van der Waals surface area contributed by atoms with Gasteiger partial charge in [0.05, 0.1) is 0 Å². The van der Waals surface area contributed by atoms with Crippen molar-refractivity contribution in [2.75, 3.05) is 11.9 Å². The van der Waals surface area contributed by atoms with Crippen molar-refractivity contribution in [3.63, 3.8) is 0 Å². The molecule has 1 fully saturated rings. The molecule has 0 saturated carbocycles. The van der Waals surface area contributed by atoms with Gasteiger partial charge in [-0.15, -0.1) is 0 Å². The zero-order valence-corrected chi connectivity index (χ0v) is 25.0. The zero-order valence-electron chi connectivity index (χ0n) is 25.0. The summed E-state index contributed by atoms with van der Waals surface area (Å²) in [6, 6.07) is 11.8. The molecule has 4 aliphatic heterocycles. The summed E-state index contributed by atoms with van der Waals surface area (Å²) in [5, 5.41) is 19.1. The standard InChI is InChI=1S/C33H31N5O8/c1-15(2)24-30-38-25(29-35-21(14-44-29)31(41)42)26(46-30)33-17-6-3-4-7-19(17)36-32(33)45-22-10-9-16(12-18(22)33)13-20(27(39)37-24)34-28(40)23-8-5-11-43-23/h3-4,6-7,9-10,12,14-15,20,23-24,32,36H,5,8,11,13H2,1-2H3,(H,34,40)(H,37,39)(H,41,42)/t20-,23?,24-,32?,33?/m0/s1. The minimum absolute atomic E-state index is 0.0464. The van der Waals surface area contributed by atoms with E-state index in [0.29, 0.717) is 24.5 Å². The van der Waals surface area contributed by atoms with Crippen LogP contribution in [0.1, 0.15) is 71.6 Å². The number of fused-ring (bicyclic) bond motifs is 4. The van der Waals surface area contributed by atoms with E-state index < -0.39 is 41.7 Å². The maximum atomic E-state index is 14.0. The Kier molecular flexibility index (Phi) is 6.43. The molecule has 1 spiro atoms. The number of aromatic carboxylic acids is 1. The highest BCUT2D eigenvalue weighted by molar-refractivity contribution is 5.90. The van der Waals surface area contributed by atoms with Crippen LogP contribution in [0.15, 0.2) is 57.6 Å². The van der Waals surface area contributed by atoms with Crippen molar-refractivity contribution in [2.45, 2.75) is 62.9 Å². The van der Waals surface area contributed by atoms with Gasteiger partial charge in [0, 0.05) is 24.3 Å². The van der Waals surface area contributed by atoms with Gasteiger partial charge in [-0.1, -0.05) is 44.2 Å². The maximum absolute atomic E-state index is 14.0. The fraction of sp³-hybridized carbons (Fsp3) is 0.364. The average Bonchev–Trinajstić information content (AvgIpc) is 3.86. The Balaban J connectivity index is 1.36. The van der Waals surface area contributed by atoms with E-state index >= 15 is 0 Å². The van der Waals surface area contributed by atoms with E-state index in [2.05, 4.69) is 20.9 Å². The first kappa shape index (κ1) is 28.3. The second-order valence-corrected chi connectivity index (χ2v) is 12.4. The van der Waals surface area contributed by atoms with E-state index in [0.717, 1.165) is 35.1 Å². The number of aromatic nitrogens is 2. The predicted molar refractivity (Wildman–Crippen MR) is 160 cm³/mol. The Hall–Kier alpha value is -5.17. The van der Waals surface area contributed by atoms with Crippen LogP contribution in [-0.2, 0) is 26.2 Å². The van der Waals surface area contributed by atoms with Crippen LogP contribution in [0.3, 0.4) is 0 Å². The molecule has 4 aliphatic rings. The number of hydrogen-bond donors (Lipinski definition) is 4. The number of nitrogens with zero attached hydrogens (tertiary/aromatic N) is 2. The second-order valence-electron chi connectivity index (χ2n) is 12.4. The topological polar surface area (TPSA) is 178 Å². The van der Waals surface area contributed by atoms with Crippen molar-refractivity contribution < 1.29 is 37.8 Å². The molecule has 13 heteroatoms. The van der Waals surface area contributed by atoms with Gasteiger partial charge in [0.1, 0.15) is 35.6 Å². The molecule has 0 radical (unpaired) electrons. The molecule has 2 aromatic heterocycles. The van der Waals surface area contributed by atoms with Crippen molar-refractivity contribution in [3.8, 4) is 17.3 Å². The molecule has 4 aromatic rings. The van der Waals surface area contributed by atoms with Crippen molar-refractivity contribution in [3.05, 3.63) is 82.8 Å². The molecule has 2 amide bonds. The number of carboxylic acid groups (broad SMARTS) is 1. The van der Waals surface area contributed by atoms with Gasteiger partial charge in [-0.25, -0.2) is 14.8 Å². The number of anilines is 1. The van der Waals surface area contributed by atoms with Gasteiger partial charge in [-0.2, -0.15) is 0 Å². The lowest BCUT2D eigenvalue weighted by Gasteiger charge is -2.29. The number of ether oxygens (including phenoxy) is 2. The van der Waals surface area contributed by atoms with E-state index in [1.54, 1.807) is 0 Å². The van der Waals surface area contributed by atoms with Gasteiger partial charge in [0.15, 0.2) is 23.4 Å². The lowest BCUT2D eigenvalue weighted by Crippen LogP contribution is -2.51. The number of amides is 2. The summed E-state index contributed by atoms with van der Waals surface area (Å²) in [6.07, 6.45) is 1.37. The number of carboxylic acids is 1. The van der Waals surface area contributed by atoms with E-state index in [1.165, 1.54) is 0 Å².